The molecule has 1 saturated heterocycles. The molecule has 0 amide bonds. The maximum atomic E-state index is 13.0. The number of rotatable bonds is 7. The lowest BCUT2D eigenvalue weighted by atomic mass is 9.80. The van der Waals surface area contributed by atoms with E-state index in [0.29, 0.717) is 29.6 Å². The fraction of sp³-hybridized carbons (Fsp3) is 0.500. The minimum absolute atomic E-state index is 0.127. The van der Waals surface area contributed by atoms with Gasteiger partial charge < -0.3 is 5.32 Å². The normalized spacial score (nSPS) is 23.0. The summed E-state index contributed by atoms with van der Waals surface area (Å²) >= 11 is 0. The first-order valence-corrected chi connectivity index (χ1v) is 14.2. The van der Waals surface area contributed by atoms with Crippen LogP contribution in [0.3, 0.4) is 0 Å². The van der Waals surface area contributed by atoms with Crippen molar-refractivity contribution in [3.05, 3.63) is 47.5 Å². The van der Waals surface area contributed by atoms with Crippen LogP contribution >= 0.6 is 0 Å². The first-order chi connectivity index (χ1) is 16.9. The number of hydrogen-bond donors (Lipinski definition) is 3. The average molecular weight is 495 g/mol. The second-order valence-electron chi connectivity index (χ2n) is 10.2. The van der Waals surface area contributed by atoms with Crippen molar-refractivity contribution in [1.82, 2.24) is 25.9 Å². The van der Waals surface area contributed by atoms with Crippen LogP contribution < -0.4 is 10.5 Å². The molecule has 0 radical (unpaired) electrons. The Hall–Kier alpha value is -2.62. The molecule has 2 heterocycles. The van der Waals surface area contributed by atoms with Crippen LogP contribution in [0.25, 0.3) is 22.5 Å². The zero-order valence-corrected chi connectivity index (χ0v) is 21.0. The summed E-state index contributed by atoms with van der Waals surface area (Å²) in [5.41, 5.74) is 4.12. The van der Waals surface area contributed by atoms with Crippen molar-refractivity contribution in [1.29, 1.82) is 0 Å². The average Bonchev–Trinajstić information content (AvgIpc) is 3.57. The van der Waals surface area contributed by atoms with E-state index in [1.54, 1.807) is 0 Å². The van der Waals surface area contributed by atoms with Crippen LogP contribution in [-0.2, 0) is 16.4 Å². The van der Waals surface area contributed by atoms with Crippen LogP contribution in [0.5, 0.6) is 0 Å². The van der Waals surface area contributed by atoms with Gasteiger partial charge in [0.25, 0.3) is 0 Å². The van der Waals surface area contributed by atoms with E-state index < -0.39 is 10.0 Å². The molecule has 2 aromatic carbocycles. The van der Waals surface area contributed by atoms with Crippen molar-refractivity contribution in [3.8, 4) is 22.5 Å². The Balaban J connectivity index is 1.54. The molecule has 1 unspecified atom stereocenters. The van der Waals surface area contributed by atoms with E-state index in [1.807, 2.05) is 24.3 Å². The molecule has 3 aromatic rings. The molecule has 1 aliphatic heterocycles. The van der Waals surface area contributed by atoms with Gasteiger partial charge in [-0.15, -0.1) is 5.10 Å². The Morgan fingerprint density at radius 2 is 1.80 bits per heavy atom. The highest BCUT2D eigenvalue weighted by atomic mass is 32.2. The van der Waals surface area contributed by atoms with Crippen molar-refractivity contribution in [2.45, 2.75) is 62.7 Å². The molecule has 5 rings (SSSR count). The van der Waals surface area contributed by atoms with Gasteiger partial charge in [0, 0.05) is 12.1 Å². The number of H-pyrrole nitrogens is 1. The molecule has 8 nitrogen and oxygen atoms in total. The Morgan fingerprint density at radius 1 is 1.03 bits per heavy atom. The van der Waals surface area contributed by atoms with Crippen LogP contribution in [0.15, 0.2) is 41.3 Å². The van der Waals surface area contributed by atoms with Gasteiger partial charge in [-0.05, 0) is 76.2 Å². The second-order valence-corrected chi connectivity index (χ2v) is 11.7. The molecule has 1 aliphatic carbocycles. The first kappa shape index (κ1) is 24.1. The van der Waals surface area contributed by atoms with Gasteiger partial charge in [-0.1, -0.05) is 69.0 Å². The van der Waals surface area contributed by atoms with Crippen LogP contribution in [0.2, 0.25) is 0 Å². The Morgan fingerprint density at radius 3 is 2.43 bits per heavy atom. The number of nitrogens with one attached hydrogen (secondary N) is 2. The molecule has 9 heteroatoms. The van der Waals surface area contributed by atoms with Crippen LogP contribution in [0, 0.1) is 11.8 Å². The topological polar surface area (TPSA) is 127 Å². The van der Waals surface area contributed by atoms with Crippen LogP contribution in [0.4, 0.5) is 0 Å². The summed E-state index contributed by atoms with van der Waals surface area (Å²) in [6.07, 6.45) is 7.62. The van der Waals surface area contributed by atoms with E-state index in [4.69, 9.17) is 5.14 Å². The van der Waals surface area contributed by atoms with Gasteiger partial charge in [-0.2, -0.15) is 0 Å². The van der Waals surface area contributed by atoms with Crippen molar-refractivity contribution >= 4 is 10.0 Å². The third kappa shape index (κ3) is 5.32. The number of primary sulfonamides is 1. The zero-order valence-electron chi connectivity index (χ0n) is 20.2. The standard InChI is InChI=1S/C26H34N6O2S/c1-17-2-4-18(5-3-17)6-7-21-12-13-23(20-10-8-19(9-11-20)22-14-15-28-16-22)24(25(21)35(27,33)34)26-29-31-32-30-26/h8-13,17-18,22,28H,2-7,14-16H2,1H3,(H2,27,33,34)(H,29,30,31,32)/t17-,18-,22?. The Labute approximate surface area is 207 Å². The number of aromatic nitrogens is 4. The number of nitrogens with zero attached hydrogens (tertiary/aromatic N) is 3. The number of sulfonamides is 1. The highest BCUT2D eigenvalue weighted by Gasteiger charge is 2.27. The van der Waals surface area contributed by atoms with Gasteiger partial charge in [0.05, 0.1) is 4.90 Å². The molecule has 2 aliphatic rings. The molecule has 186 valence electrons. The van der Waals surface area contributed by atoms with Crippen molar-refractivity contribution in [3.63, 3.8) is 0 Å². The SMILES string of the molecule is C[C@H]1CC[C@H](CCc2ccc(-c3ccc(C4CCNC4)cc3)c(-c3nnn[nH]3)c2S(N)(=O)=O)CC1. The van der Waals surface area contributed by atoms with Gasteiger partial charge >= 0.3 is 0 Å². The van der Waals surface area contributed by atoms with E-state index in [2.05, 4.69) is 45.0 Å². The number of nitrogens with two attached hydrogens (primary N) is 1. The van der Waals surface area contributed by atoms with E-state index in [1.165, 1.54) is 31.2 Å². The molecule has 1 atom stereocenters. The predicted molar refractivity (Wildman–Crippen MR) is 136 cm³/mol. The largest absolute Gasteiger partial charge is 0.316 e. The summed E-state index contributed by atoms with van der Waals surface area (Å²) in [6.45, 7) is 4.33. The summed E-state index contributed by atoms with van der Waals surface area (Å²) in [4.78, 5) is 0.127. The molecule has 0 spiro atoms. The minimum Gasteiger partial charge on any atom is -0.316 e. The Kier molecular flexibility index (Phi) is 7.00. The molecule has 4 N–H and O–H groups in total. The minimum atomic E-state index is -4.03. The summed E-state index contributed by atoms with van der Waals surface area (Å²) in [6, 6.07) is 12.3. The summed E-state index contributed by atoms with van der Waals surface area (Å²) < 4.78 is 25.9. The number of tetrazole rings is 1. The lowest BCUT2D eigenvalue weighted by Crippen LogP contribution is -2.18. The van der Waals surface area contributed by atoms with E-state index in [-0.39, 0.29) is 4.90 Å². The maximum Gasteiger partial charge on any atom is 0.239 e. The number of aryl methyl sites for hydroxylation is 1. The number of benzene rings is 2. The third-order valence-corrected chi connectivity index (χ3v) is 8.85. The third-order valence-electron chi connectivity index (χ3n) is 7.82. The second kappa shape index (κ2) is 10.2. The lowest BCUT2D eigenvalue weighted by Gasteiger charge is -2.26. The van der Waals surface area contributed by atoms with Gasteiger partial charge in [0.15, 0.2) is 5.82 Å². The highest BCUT2D eigenvalue weighted by Crippen LogP contribution is 2.39. The van der Waals surface area contributed by atoms with Crippen molar-refractivity contribution in [2.24, 2.45) is 17.0 Å². The number of hydrogen-bond acceptors (Lipinski definition) is 6. The van der Waals surface area contributed by atoms with Gasteiger partial charge in [0.1, 0.15) is 0 Å². The quantitative estimate of drug-likeness (QED) is 0.455. The number of aromatic amines is 1. The molecule has 35 heavy (non-hydrogen) atoms. The monoisotopic (exact) mass is 494 g/mol. The summed E-state index contributed by atoms with van der Waals surface area (Å²) in [5, 5.41) is 23.5. The lowest BCUT2D eigenvalue weighted by molar-refractivity contribution is 0.277. The zero-order chi connectivity index (χ0) is 24.4. The molecule has 2 fully saturated rings. The van der Waals surface area contributed by atoms with E-state index >= 15 is 0 Å². The highest BCUT2D eigenvalue weighted by molar-refractivity contribution is 7.89. The molecule has 1 saturated carbocycles. The van der Waals surface area contributed by atoms with Crippen molar-refractivity contribution in [2.75, 3.05) is 13.1 Å². The van der Waals surface area contributed by atoms with Gasteiger partial charge in [-0.3, -0.25) is 0 Å². The summed E-state index contributed by atoms with van der Waals surface area (Å²) in [7, 11) is -4.03. The molecular formula is C26H34N6O2S. The van der Waals surface area contributed by atoms with Gasteiger partial charge in [-0.25, -0.2) is 18.7 Å². The molecule has 0 bridgehead atoms. The fourth-order valence-corrected chi connectivity index (χ4v) is 6.77. The van der Waals surface area contributed by atoms with Gasteiger partial charge in [0.2, 0.25) is 10.0 Å². The first-order valence-electron chi connectivity index (χ1n) is 12.6. The maximum absolute atomic E-state index is 13.0. The smallest absolute Gasteiger partial charge is 0.239 e. The molecular weight excluding hydrogens is 460 g/mol. The van der Waals surface area contributed by atoms with E-state index in [0.717, 1.165) is 48.5 Å². The van der Waals surface area contributed by atoms with Crippen LogP contribution in [-0.4, -0.2) is 42.1 Å². The molecule has 1 aromatic heterocycles. The fourth-order valence-electron chi connectivity index (χ4n) is 5.74. The predicted octanol–water partition coefficient (Wildman–Crippen LogP) is 4.02. The Bertz CT molecular complexity index is 1240. The van der Waals surface area contributed by atoms with Crippen molar-refractivity contribution < 1.29 is 8.42 Å². The van der Waals surface area contributed by atoms with E-state index in [9.17, 15) is 8.42 Å². The van der Waals surface area contributed by atoms with Crippen LogP contribution in [0.1, 0.15) is 62.5 Å². The summed E-state index contributed by atoms with van der Waals surface area (Å²) in [5.74, 6) is 2.22.